The van der Waals surface area contributed by atoms with Crippen molar-refractivity contribution < 1.29 is 23.1 Å². The first-order valence-electron chi connectivity index (χ1n) is 3.56. The van der Waals surface area contributed by atoms with E-state index in [-0.39, 0.29) is 0 Å². The minimum Gasteiger partial charge on any atom is -0.478 e. The number of pyridine rings is 1. The number of halogens is 3. The standard InChI is InChI=1S/C8H3F3N2O2/c9-8(10,11)6-3-13-2-5(7(14)15)4(6)1-12/h2-3H,(H,14,15). The Morgan fingerprint density at radius 1 is 1.47 bits per heavy atom. The first kappa shape index (κ1) is 11.0. The second kappa shape index (κ2) is 3.57. The zero-order chi connectivity index (χ0) is 11.6. The first-order valence-corrected chi connectivity index (χ1v) is 3.56. The van der Waals surface area contributed by atoms with Crippen molar-refractivity contribution >= 4 is 5.97 Å². The summed E-state index contributed by atoms with van der Waals surface area (Å²) in [6, 6.07) is 1.21. The minimum atomic E-state index is -4.79. The third-order valence-corrected chi connectivity index (χ3v) is 1.59. The van der Waals surface area contributed by atoms with Crippen LogP contribution in [0.25, 0.3) is 0 Å². The van der Waals surface area contributed by atoms with Crippen LogP contribution in [0.2, 0.25) is 0 Å². The van der Waals surface area contributed by atoms with Crippen LogP contribution >= 0.6 is 0 Å². The van der Waals surface area contributed by atoms with Gasteiger partial charge in [0.05, 0.1) is 16.7 Å². The van der Waals surface area contributed by atoms with Gasteiger partial charge in [-0.2, -0.15) is 18.4 Å². The van der Waals surface area contributed by atoms with Crippen molar-refractivity contribution in [2.24, 2.45) is 0 Å². The average Bonchev–Trinajstić information content (AvgIpc) is 2.15. The molecular weight excluding hydrogens is 213 g/mol. The number of rotatable bonds is 1. The van der Waals surface area contributed by atoms with Gasteiger partial charge in [0.1, 0.15) is 6.07 Å². The molecule has 1 aromatic heterocycles. The highest BCUT2D eigenvalue weighted by atomic mass is 19.4. The van der Waals surface area contributed by atoms with E-state index >= 15 is 0 Å². The molecule has 0 unspecified atom stereocenters. The quantitative estimate of drug-likeness (QED) is 0.774. The molecule has 0 aliphatic rings. The lowest BCUT2D eigenvalue weighted by Crippen LogP contribution is -2.12. The zero-order valence-electron chi connectivity index (χ0n) is 7.04. The molecule has 0 fully saturated rings. The number of alkyl halides is 3. The van der Waals surface area contributed by atoms with E-state index in [1.54, 1.807) is 0 Å². The molecule has 7 heteroatoms. The van der Waals surface area contributed by atoms with Crippen LogP contribution in [0.3, 0.4) is 0 Å². The summed E-state index contributed by atoms with van der Waals surface area (Å²) in [7, 11) is 0. The van der Waals surface area contributed by atoms with E-state index < -0.39 is 28.8 Å². The number of hydrogen-bond donors (Lipinski definition) is 1. The lowest BCUT2D eigenvalue weighted by Gasteiger charge is -2.08. The maximum absolute atomic E-state index is 12.3. The van der Waals surface area contributed by atoms with Crippen LogP contribution < -0.4 is 0 Å². The van der Waals surface area contributed by atoms with Gasteiger partial charge in [0.15, 0.2) is 0 Å². The maximum Gasteiger partial charge on any atom is 0.419 e. The second-order valence-corrected chi connectivity index (χ2v) is 2.52. The van der Waals surface area contributed by atoms with Crippen molar-refractivity contribution in [1.29, 1.82) is 5.26 Å². The predicted molar refractivity (Wildman–Crippen MR) is 40.9 cm³/mol. The van der Waals surface area contributed by atoms with E-state index in [4.69, 9.17) is 10.4 Å². The van der Waals surface area contributed by atoms with Crippen molar-refractivity contribution in [2.45, 2.75) is 6.18 Å². The fourth-order valence-corrected chi connectivity index (χ4v) is 0.958. The fourth-order valence-electron chi connectivity index (χ4n) is 0.958. The van der Waals surface area contributed by atoms with Crippen molar-refractivity contribution in [3.05, 3.63) is 29.1 Å². The summed E-state index contributed by atoms with van der Waals surface area (Å²) in [5, 5.41) is 17.0. The topological polar surface area (TPSA) is 74.0 Å². The molecule has 0 bridgehead atoms. The first-order chi connectivity index (χ1) is 6.88. The Balaban J connectivity index is 3.51. The predicted octanol–water partition coefficient (Wildman–Crippen LogP) is 1.67. The van der Waals surface area contributed by atoms with Crippen LogP contribution in [-0.2, 0) is 6.18 Å². The van der Waals surface area contributed by atoms with Crippen LogP contribution in [0.5, 0.6) is 0 Å². The fraction of sp³-hybridized carbons (Fsp3) is 0.125. The summed E-state index contributed by atoms with van der Waals surface area (Å²) < 4.78 is 36.9. The van der Waals surface area contributed by atoms with E-state index in [0.29, 0.717) is 12.4 Å². The van der Waals surface area contributed by atoms with E-state index in [1.165, 1.54) is 6.07 Å². The Kier molecular flexibility index (Phi) is 2.61. The van der Waals surface area contributed by atoms with Gasteiger partial charge in [-0.25, -0.2) is 4.79 Å². The van der Waals surface area contributed by atoms with E-state index in [1.807, 2.05) is 0 Å². The summed E-state index contributed by atoms with van der Waals surface area (Å²) in [6.07, 6.45) is -3.66. The lowest BCUT2D eigenvalue weighted by atomic mass is 10.1. The molecule has 1 N–H and O–H groups in total. The van der Waals surface area contributed by atoms with Gasteiger partial charge in [0.2, 0.25) is 0 Å². The number of carboxylic acid groups (broad SMARTS) is 1. The van der Waals surface area contributed by atoms with Crippen LogP contribution in [-0.4, -0.2) is 16.1 Å². The Bertz CT molecular complexity index is 448. The van der Waals surface area contributed by atoms with E-state index in [2.05, 4.69) is 4.98 Å². The zero-order valence-corrected chi connectivity index (χ0v) is 7.04. The summed E-state index contributed by atoms with van der Waals surface area (Å²) in [5.41, 5.74) is -3.03. The number of aromatic nitrogens is 1. The van der Waals surface area contributed by atoms with Gasteiger partial charge in [0.25, 0.3) is 0 Å². The van der Waals surface area contributed by atoms with E-state index in [9.17, 15) is 18.0 Å². The minimum absolute atomic E-state index is 0.422. The van der Waals surface area contributed by atoms with Gasteiger partial charge in [-0.3, -0.25) is 4.98 Å². The summed E-state index contributed by atoms with van der Waals surface area (Å²) in [6.45, 7) is 0. The molecular formula is C8H3F3N2O2. The molecule has 0 aliphatic heterocycles. The highest BCUT2D eigenvalue weighted by Gasteiger charge is 2.35. The molecule has 1 heterocycles. The molecule has 1 rings (SSSR count). The molecule has 0 amide bonds. The highest BCUT2D eigenvalue weighted by molar-refractivity contribution is 5.90. The van der Waals surface area contributed by atoms with Gasteiger partial charge in [-0.1, -0.05) is 0 Å². The van der Waals surface area contributed by atoms with Gasteiger partial charge in [-0.15, -0.1) is 0 Å². The lowest BCUT2D eigenvalue weighted by molar-refractivity contribution is -0.138. The molecule has 78 valence electrons. The number of hydrogen-bond acceptors (Lipinski definition) is 3. The van der Waals surface area contributed by atoms with Gasteiger partial charge in [0, 0.05) is 12.4 Å². The molecule has 0 saturated carbocycles. The van der Waals surface area contributed by atoms with Crippen LogP contribution in [0.1, 0.15) is 21.5 Å². The monoisotopic (exact) mass is 216 g/mol. The maximum atomic E-state index is 12.3. The van der Waals surface area contributed by atoms with E-state index in [0.717, 1.165) is 0 Å². The van der Waals surface area contributed by atoms with Crippen molar-refractivity contribution in [3.63, 3.8) is 0 Å². The van der Waals surface area contributed by atoms with Gasteiger partial charge in [-0.05, 0) is 0 Å². The Morgan fingerprint density at radius 3 is 2.47 bits per heavy atom. The second-order valence-electron chi connectivity index (χ2n) is 2.52. The Morgan fingerprint density at radius 2 is 2.07 bits per heavy atom. The van der Waals surface area contributed by atoms with Crippen molar-refractivity contribution in [2.75, 3.05) is 0 Å². The summed E-state index contributed by atoms with van der Waals surface area (Å²) in [5.74, 6) is -1.62. The van der Waals surface area contributed by atoms with Gasteiger partial charge >= 0.3 is 12.1 Å². The molecule has 0 radical (unpaired) electrons. The highest BCUT2D eigenvalue weighted by Crippen LogP contribution is 2.32. The SMILES string of the molecule is N#Cc1c(C(=O)O)cncc1C(F)(F)F. The van der Waals surface area contributed by atoms with Crippen molar-refractivity contribution in [1.82, 2.24) is 4.98 Å². The van der Waals surface area contributed by atoms with Gasteiger partial charge < -0.3 is 5.11 Å². The Labute approximate surface area is 81.6 Å². The molecule has 0 atom stereocenters. The molecule has 15 heavy (non-hydrogen) atoms. The molecule has 0 aliphatic carbocycles. The van der Waals surface area contributed by atoms with Crippen LogP contribution in [0.15, 0.2) is 12.4 Å². The normalized spacial score (nSPS) is 10.8. The van der Waals surface area contributed by atoms with Crippen molar-refractivity contribution in [3.8, 4) is 6.07 Å². The molecule has 0 saturated heterocycles. The Hall–Kier alpha value is -2.10. The molecule has 4 nitrogen and oxygen atoms in total. The number of aromatic carboxylic acids is 1. The van der Waals surface area contributed by atoms with Crippen LogP contribution in [0, 0.1) is 11.3 Å². The van der Waals surface area contributed by atoms with Crippen LogP contribution in [0.4, 0.5) is 13.2 Å². The third-order valence-electron chi connectivity index (χ3n) is 1.59. The number of nitrogens with zero attached hydrogens (tertiary/aromatic N) is 2. The third kappa shape index (κ3) is 2.04. The largest absolute Gasteiger partial charge is 0.478 e. The number of nitriles is 1. The average molecular weight is 216 g/mol. The molecule has 1 aromatic rings. The number of carboxylic acids is 1. The number of carbonyl (C=O) groups is 1. The summed E-state index contributed by atoms with van der Waals surface area (Å²) >= 11 is 0. The molecule has 0 aromatic carbocycles. The molecule has 0 spiro atoms. The smallest absolute Gasteiger partial charge is 0.419 e. The summed E-state index contributed by atoms with van der Waals surface area (Å²) in [4.78, 5) is 13.6.